The van der Waals surface area contributed by atoms with Gasteiger partial charge < -0.3 is 0 Å². The normalized spacial score (nSPS) is 28.8. The molecule has 0 aliphatic heterocycles. The number of allylic oxidation sites excluding steroid dienone is 2. The van der Waals surface area contributed by atoms with E-state index in [9.17, 15) is 4.79 Å². The molecule has 2 bridgehead atoms. The van der Waals surface area contributed by atoms with Crippen molar-refractivity contribution in [1.29, 1.82) is 0 Å². The maximum Gasteiger partial charge on any atom is 0.136 e. The summed E-state index contributed by atoms with van der Waals surface area (Å²) in [6, 6.07) is 10.6. The summed E-state index contributed by atoms with van der Waals surface area (Å²) in [6.07, 6.45) is 6.18. The molecule has 16 heavy (non-hydrogen) atoms. The van der Waals surface area contributed by atoms with E-state index in [1.807, 2.05) is 0 Å². The van der Waals surface area contributed by atoms with Crippen LogP contribution in [0.5, 0.6) is 0 Å². The molecule has 1 aromatic rings. The van der Waals surface area contributed by atoms with Crippen molar-refractivity contribution in [1.82, 2.24) is 0 Å². The van der Waals surface area contributed by atoms with E-state index >= 15 is 0 Å². The predicted octanol–water partition coefficient (Wildman–Crippen LogP) is 3.46. The highest BCUT2D eigenvalue weighted by Gasteiger charge is 2.33. The topological polar surface area (TPSA) is 17.1 Å². The summed E-state index contributed by atoms with van der Waals surface area (Å²) in [5, 5.41) is 0. The lowest BCUT2D eigenvalue weighted by Gasteiger charge is -2.34. The Morgan fingerprint density at radius 3 is 2.69 bits per heavy atom. The van der Waals surface area contributed by atoms with Crippen LogP contribution in [0.2, 0.25) is 0 Å². The molecule has 0 radical (unpaired) electrons. The van der Waals surface area contributed by atoms with Gasteiger partial charge in [0, 0.05) is 12.3 Å². The van der Waals surface area contributed by atoms with Gasteiger partial charge in [0.15, 0.2) is 0 Å². The summed E-state index contributed by atoms with van der Waals surface area (Å²) < 4.78 is 0. The summed E-state index contributed by atoms with van der Waals surface area (Å²) in [4.78, 5) is 11.6. The molecule has 1 aromatic carbocycles. The van der Waals surface area contributed by atoms with E-state index < -0.39 is 0 Å². The van der Waals surface area contributed by atoms with E-state index in [1.165, 1.54) is 11.1 Å². The SMILES string of the molecule is O=C1CC[C@@H]2CC1CC=C2c1ccccc1. The molecule has 82 valence electrons. The van der Waals surface area contributed by atoms with Crippen molar-refractivity contribution < 1.29 is 4.79 Å². The number of carbonyl (C=O) groups excluding carboxylic acids is 1. The van der Waals surface area contributed by atoms with E-state index in [0.717, 1.165) is 25.7 Å². The van der Waals surface area contributed by atoms with Crippen LogP contribution in [0.25, 0.3) is 5.57 Å². The molecule has 3 rings (SSSR count). The van der Waals surface area contributed by atoms with Gasteiger partial charge in [-0.3, -0.25) is 4.79 Å². The summed E-state index contributed by atoms with van der Waals surface area (Å²) in [5.41, 5.74) is 2.82. The molecule has 1 fully saturated rings. The Hall–Kier alpha value is -1.37. The zero-order valence-corrected chi connectivity index (χ0v) is 9.36. The van der Waals surface area contributed by atoms with Crippen molar-refractivity contribution in [2.75, 3.05) is 0 Å². The Morgan fingerprint density at radius 2 is 1.88 bits per heavy atom. The van der Waals surface area contributed by atoms with Crippen LogP contribution in [0, 0.1) is 11.8 Å². The Bertz CT molecular complexity index is 430. The first-order valence-electron chi connectivity index (χ1n) is 6.13. The van der Waals surface area contributed by atoms with E-state index in [4.69, 9.17) is 0 Å². The fraction of sp³-hybridized carbons (Fsp3) is 0.400. The Kier molecular flexibility index (Phi) is 2.39. The Balaban J connectivity index is 1.93. The number of carbonyl (C=O) groups is 1. The standard InChI is InChI=1S/C15H16O/c16-15-9-7-12-10-13(15)6-8-14(12)11-4-2-1-3-5-11/h1-5,8,12-13H,6-7,9-10H2/t12-,13?/m1/s1. The van der Waals surface area contributed by atoms with Gasteiger partial charge in [0.1, 0.15) is 5.78 Å². The lowest BCUT2D eigenvalue weighted by Crippen LogP contribution is -2.28. The van der Waals surface area contributed by atoms with Crippen molar-refractivity contribution in [3.05, 3.63) is 42.0 Å². The van der Waals surface area contributed by atoms with Crippen molar-refractivity contribution in [3.63, 3.8) is 0 Å². The maximum atomic E-state index is 11.6. The van der Waals surface area contributed by atoms with Crippen molar-refractivity contribution >= 4 is 11.4 Å². The highest BCUT2D eigenvalue weighted by molar-refractivity contribution is 5.84. The molecule has 2 aliphatic rings. The number of fused-ring (bicyclic) bond motifs is 2. The molecule has 0 N–H and O–H groups in total. The predicted molar refractivity (Wildman–Crippen MR) is 64.9 cm³/mol. The van der Waals surface area contributed by atoms with Gasteiger partial charge in [-0.1, -0.05) is 36.4 Å². The molecule has 0 amide bonds. The fourth-order valence-electron chi connectivity index (χ4n) is 3.04. The van der Waals surface area contributed by atoms with Crippen LogP contribution >= 0.6 is 0 Å². The molecular weight excluding hydrogens is 196 g/mol. The molecule has 0 heterocycles. The minimum atomic E-state index is 0.325. The van der Waals surface area contributed by atoms with E-state index in [0.29, 0.717) is 17.6 Å². The number of benzene rings is 1. The van der Waals surface area contributed by atoms with Gasteiger partial charge >= 0.3 is 0 Å². The Morgan fingerprint density at radius 1 is 1.06 bits per heavy atom. The van der Waals surface area contributed by atoms with Gasteiger partial charge in [-0.15, -0.1) is 0 Å². The molecule has 0 saturated heterocycles. The first kappa shape index (κ1) is 9.83. The number of ketones is 1. The zero-order chi connectivity index (χ0) is 11.0. The smallest absolute Gasteiger partial charge is 0.136 e. The number of Topliss-reactive ketones (excluding diaryl/α,β-unsaturated/α-hetero) is 1. The largest absolute Gasteiger partial charge is 0.299 e. The van der Waals surface area contributed by atoms with Gasteiger partial charge in [0.05, 0.1) is 0 Å². The summed E-state index contributed by atoms with van der Waals surface area (Å²) >= 11 is 0. The van der Waals surface area contributed by atoms with Gasteiger partial charge in [0.2, 0.25) is 0 Å². The first-order valence-corrected chi connectivity index (χ1v) is 6.13. The quantitative estimate of drug-likeness (QED) is 0.696. The summed E-state index contributed by atoms with van der Waals surface area (Å²) in [5.74, 6) is 1.43. The molecule has 1 nitrogen and oxygen atoms in total. The number of hydrogen-bond donors (Lipinski definition) is 0. The number of rotatable bonds is 1. The van der Waals surface area contributed by atoms with E-state index in [-0.39, 0.29) is 0 Å². The average molecular weight is 212 g/mol. The zero-order valence-electron chi connectivity index (χ0n) is 9.36. The van der Waals surface area contributed by atoms with Crippen LogP contribution in [0.15, 0.2) is 36.4 Å². The van der Waals surface area contributed by atoms with Crippen molar-refractivity contribution in [2.24, 2.45) is 11.8 Å². The third kappa shape index (κ3) is 1.60. The molecule has 2 aliphatic carbocycles. The third-order valence-electron chi connectivity index (χ3n) is 3.93. The van der Waals surface area contributed by atoms with Gasteiger partial charge in [-0.05, 0) is 36.3 Å². The van der Waals surface area contributed by atoms with Crippen molar-refractivity contribution in [2.45, 2.75) is 25.7 Å². The molecule has 1 unspecified atom stereocenters. The first-order chi connectivity index (χ1) is 7.84. The van der Waals surface area contributed by atoms with Gasteiger partial charge in [-0.25, -0.2) is 0 Å². The second kappa shape index (κ2) is 3.89. The summed E-state index contributed by atoms with van der Waals surface area (Å²) in [7, 11) is 0. The Labute approximate surface area is 96.2 Å². The van der Waals surface area contributed by atoms with Crippen molar-refractivity contribution in [3.8, 4) is 0 Å². The minimum Gasteiger partial charge on any atom is -0.299 e. The van der Waals surface area contributed by atoms with E-state index in [1.54, 1.807) is 0 Å². The highest BCUT2D eigenvalue weighted by atomic mass is 16.1. The molecule has 1 heteroatoms. The average Bonchev–Trinajstić information content (AvgIpc) is 2.35. The lowest BCUT2D eigenvalue weighted by molar-refractivity contribution is -0.125. The second-order valence-corrected chi connectivity index (χ2v) is 4.90. The highest BCUT2D eigenvalue weighted by Crippen LogP contribution is 2.42. The van der Waals surface area contributed by atoms with Crippen LogP contribution in [0.3, 0.4) is 0 Å². The van der Waals surface area contributed by atoms with Crippen LogP contribution in [-0.2, 0) is 4.79 Å². The van der Waals surface area contributed by atoms with Crippen LogP contribution < -0.4 is 0 Å². The van der Waals surface area contributed by atoms with E-state index in [2.05, 4.69) is 36.4 Å². The fourth-order valence-corrected chi connectivity index (χ4v) is 3.04. The molecule has 0 aromatic heterocycles. The molecule has 2 atom stereocenters. The second-order valence-electron chi connectivity index (χ2n) is 4.90. The van der Waals surface area contributed by atoms with Crippen LogP contribution in [0.1, 0.15) is 31.2 Å². The minimum absolute atomic E-state index is 0.325. The van der Waals surface area contributed by atoms with Crippen LogP contribution in [-0.4, -0.2) is 5.78 Å². The summed E-state index contributed by atoms with van der Waals surface area (Å²) in [6.45, 7) is 0. The maximum absolute atomic E-state index is 11.6. The van der Waals surface area contributed by atoms with Gasteiger partial charge in [-0.2, -0.15) is 0 Å². The van der Waals surface area contributed by atoms with Gasteiger partial charge in [0.25, 0.3) is 0 Å². The van der Waals surface area contributed by atoms with Crippen LogP contribution in [0.4, 0.5) is 0 Å². The molecular formula is C15H16O. The lowest BCUT2D eigenvalue weighted by atomic mass is 9.70. The molecule has 1 saturated carbocycles. The monoisotopic (exact) mass is 212 g/mol. The third-order valence-corrected chi connectivity index (χ3v) is 3.93. The molecule has 0 spiro atoms. The number of hydrogen-bond acceptors (Lipinski definition) is 1.